The first-order valence-electron chi connectivity index (χ1n) is 8.08. The van der Waals surface area contributed by atoms with Gasteiger partial charge in [0.05, 0.1) is 6.04 Å². The molecule has 1 atom stereocenters. The van der Waals surface area contributed by atoms with Crippen molar-refractivity contribution in [2.24, 2.45) is 0 Å². The Morgan fingerprint density at radius 1 is 1.05 bits per heavy atom. The molecule has 0 amide bonds. The lowest BCUT2D eigenvalue weighted by Gasteiger charge is -2.48. The quantitative estimate of drug-likeness (QED) is 0.767. The molecule has 0 aliphatic rings. The molecule has 0 saturated carbocycles. The monoisotopic (exact) mass is 276 g/mol. The third-order valence-corrected chi connectivity index (χ3v) is 4.94. The molecular formula is C18H32N2. The first-order valence-corrected chi connectivity index (χ1v) is 8.08. The van der Waals surface area contributed by atoms with Crippen LogP contribution < -0.4 is 5.32 Å². The van der Waals surface area contributed by atoms with E-state index >= 15 is 0 Å². The molecule has 1 unspecified atom stereocenters. The van der Waals surface area contributed by atoms with Gasteiger partial charge in [0.15, 0.2) is 0 Å². The molecular weight excluding hydrogens is 244 g/mol. The van der Waals surface area contributed by atoms with Gasteiger partial charge in [-0.25, -0.2) is 0 Å². The lowest BCUT2D eigenvalue weighted by Crippen LogP contribution is -2.55. The number of rotatable bonds is 8. The maximum atomic E-state index is 3.61. The summed E-state index contributed by atoms with van der Waals surface area (Å²) in [6.07, 6.45) is 2.32. The van der Waals surface area contributed by atoms with Gasteiger partial charge in [-0.15, -0.1) is 0 Å². The summed E-state index contributed by atoms with van der Waals surface area (Å²) in [4.78, 5) is 2.63. The summed E-state index contributed by atoms with van der Waals surface area (Å²) in [5.41, 5.74) is 3.00. The average Bonchev–Trinajstić information content (AvgIpc) is 2.49. The van der Waals surface area contributed by atoms with Crippen LogP contribution in [0.5, 0.6) is 0 Å². The lowest BCUT2D eigenvalue weighted by atomic mass is 9.78. The van der Waals surface area contributed by atoms with Crippen LogP contribution in [0.2, 0.25) is 0 Å². The van der Waals surface area contributed by atoms with Crippen molar-refractivity contribution in [1.82, 2.24) is 10.2 Å². The molecule has 0 heterocycles. The summed E-state index contributed by atoms with van der Waals surface area (Å²) in [5, 5.41) is 3.61. The number of nitrogens with zero attached hydrogens (tertiary/aromatic N) is 1. The lowest BCUT2D eigenvalue weighted by molar-refractivity contribution is 0.0513. The second-order valence-corrected chi connectivity index (χ2v) is 5.56. The summed E-state index contributed by atoms with van der Waals surface area (Å²) >= 11 is 0. The first kappa shape index (κ1) is 17.2. The Hall–Kier alpha value is -0.860. The van der Waals surface area contributed by atoms with Crippen LogP contribution in [0.25, 0.3) is 0 Å². The highest BCUT2D eigenvalue weighted by atomic mass is 15.2. The van der Waals surface area contributed by atoms with Gasteiger partial charge in [-0.05, 0) is 51.0 Å². The third kappa shape index (κ3) is 3.07. The topological polar surface area (TPSA) is 15.3 Å². The molecule has 1 N–H and O–H groups in total. The Morgan fingerprint density at radius 2 is 1.60 bits per heavy atom. The van der Waals surface area contributed by atoms with E-state index in [1.165, 1.54) is 11.1 Å². The molecule has 0 fully saturated rings. The molecule has 0 aliphatic carbocycles. The van der Waals surface area contributed by atoms with Crippen LogP contribution in [0.1, 0.15) is 57.7 Å². The van der Waals surface area contributed by atoms with Crippen LogP contribution in [0.3, 0.4) is 0 Å². The SMILES string of the molecule is CCN(CC)C(CC)(CC)C(NC)c1ccccc1C. The molecule has 2 nitrogen and oxygen atoms in total. The molecule has 0 bridgehead atoms. The van der Waals surface area contributed by atoms with E-state index in [4.69, 9.17) is 0 Å². The highest BCUT2D eigenvalue weighted by molar-refractivity contribution is 5.31. The second-order valence-electron chi connectivity index (χ2n) is 5.56. The van der Waals surface area contributed by atoms with Gasteiger partial charge >= 0.3 is 0 Å². The Balaban J connectivity index is 3.32. The molecule has 0 aromatic heterocycles. The maximum absolute atomic E-state index is 3.61. The van der Waals surface area contributed by atoms with E-state index < -0.39 is 0 Å². The molecule has 1 rings (SSSR count). The summed E-state index contributed by atoms with van der Waals surface area (Å²) < 4.78 is 0. The predicted octanol–water partition coefficient (Wildman–Crippen LogP) is 4.16. The maximum Gasteiger partial charge on any atom is 0.0507 e. The van der Waals surface area contributed by atoms with Crippen molar-refractivity contribution in [2.75, 3.05) is 20.1 Å². The molecule has 2 heteroatoms. The van der Waals surface area contributed by atoms with Gasteiger partial charge in [0.2, 0.25) is 0 Å². The van der Waals surface area contributed by atoms with E-state index in [0.717, 1.165) is 25.9 Å². The molecule has 0 spiro atoms. The highest BCUT2D eigenvalue weighted by Gasteiger charge is 2.40. The van der Waals surface area contributed by atoms with E-state index in [1.54, 1.807) is 0 Å². The number of hydrogen-bond donors (Lipinski definition) is 1. The van der Waals surface area contributed by atoms with Gasteiger partial charge in [-0.3, -0.25) is 4.90 Å². The highest BCUT2D eigenvalue weighted by Crippen LogP contribution is 2.38. The minimum atomic E-state index is 0.185. The summed E-state index contributed by atoms with van der Waals surface area (Å²) in [6, 6.07) is 9.16. The van der Waals surface area contributed by atoms with Gasteiger partial charge in [0.25, 0.3) is 0 Å². The summed E-state index contributed by atoms with van der Waals surface area (Å²) in [5.74, 6) is 0. The Morgan fingerprint density at radius 3 is 2.00 bits per heavy atom. The molecule has 1 aromatic rings. The molecule has 20 heavy (non-hydrogen) atoms. The van der Waals surface area contributed by atoms with Crippen LogP contribution in [0, 0.1) is 6.92 Å². The fraction of sp³-hybridized carbons (Fsp3) is 0.667. The van der Waals surface area contributed by atoms with Gasteiger partial charge < -0.3 is 5.32 Å². The zero-order valence-electron chi connectivity index (χ0n) is 14.2. The van der Waals surface area contributed by atoms with Crippen molar-refractivity contribution in [3.05, 3.63) is 35.4 Å². The van der Waals surface area contributed by atoms with Gasteiger partial charge in [-0.2, -0.15) is 0 Å². The van der Waals surface area contributed by atoms with Crippen LogP contribution in [0.15, 0.2) is 24.3 Å². The molecule has 0 radical (unpaired) electrons. The van der Waals surface area contributed by atoms with Crippen molar-refractivity contribution >= 4 is 0 Å². The Kier molecular flexibility index (Phi) is 6.70. The molecule has 0 saturated heterocycles. The zero-order chi connectivity index (χ0) is 15.2. The number of aryl methyl sites for hydroxylation is 1. The average molecular weight is 276 g/mol. The standard InChI is InChI=1S/C18H32N2/c1-7-18(8-2,20(9-3)10-4)17(19-6)16-14-12-11-13-15(16)5/h11-14,17,19H,7-10H2,1-6H3. The van der Waals surface area contributed by atoms with Crippen molar-refractivity contribution in [2.45, 2.75) is 59.0 Å². The van der Waals surface area contributed by atoms with Crippen molar-refractivity contribution in [3.63, 3.8) is 0 Å². The van der Waals surface area contributed by atoms with E-state index in [1.807, 2.05) is 0 Å². The first-order chi connectivity index (χ1) is 9.61. The van der Waals surface area contributed by atoms with Gasteiger partial charge in [0, 0.05) is 5.54 Å². The molecule has 1 aromatic carbocycles. The van der Waals surface area contributed by atoms with E-state index in [0.29, 0.717) is 6.04 Å². The Labute approximate surface area is 125 Å². The van der Waals surface area contributed by atoms with E-state index in [9.17, 15) is 0 Å². The Bertz CT molecular complexity index is 392. The number of likely N-dealkylation sites (N-methyl/N-ethyl adjacent to an activating group) is 2. The molecule has 114 valence electrons. The van der Waals surface area contributed by atoms with Crippen molar-refractivity contribution < 1.29 is 0 Å². The van der Waals surface area contributed by atoms with Crippen LogP contribution in [-0.2, 0) is 0 Å². The minimum Gasteiger partial charge on any atom is -0.311 e. The number of nitrogens with one attached hydrogen (secondary N) is 1. The van der Waals surface area contributed by atoms with Crippen molar-refractivity contribution in [3.8, 4) is 0 Å². The fourth-order valence-electron chi connectivity index (χ4n) is 3.77. The fourth-order valence-corrected chi connectivity index (χ4v) is 3.77. The number of hydrogen-bond acceptors (Lipinski definition) is 2. The smallest absolute Gasteiger partial charge is 0.0507 e. The second kappa shape index (κ2) is 7.80. The van der Waals surface area contributed by atoms with E-state index in [2.05, 4.69) is 76.1 Å². The third-order valence-electron chi connectivity index (χ3n) is 4.94. The minimum absolute atomic E-state index is 0.185. The number of benzene rings is 1. The van der Waals surface area contributed by atoms with Crippen LogP contribution in [-0.4, -0.2) is 30.6 Å². The van der Waals surface area contributed by atoms with Gasteiger partial charge in [-0.1, -0.05) is 52.0 Å². The zero-order valence-corrected chi connectivity index (χ0v) is 14.2. The normalized spacial score (nSPS) is 13.8. The predicted molar refractivity (Wildman–Crippen MR) is 89.2 cm³/mol. The van der Waals surface area contributed by atoms with Crippen molar-refractivity contribution in [1.29, 1.82) is 0 Å². The summed E-state index contributed by atoms with van der Waals surface area (Å²) in [6.45, 7) is 13.6. The largest absolute Gasteiger partial charge is 0.311 e. The summed E-state index contributed by atoms with van der Waals surface area (Å²) in [7, 11) is 2.10. The van der Waals surface area contributed by atoms with Crippen LogP contribution >= 0.6 is 0 Å². The molecule has 0 aliphatic heterocycles. The van der Waals surface area contributed by atoms with Crippen LogP contribution in [0.4, 0.5) is 0 Å². The van der Waals surface area contributed by atoms with E-state index in [-0.39, 0.29) is 5.54 Å². The van der Waals surface area contributed by atoms with Gasteiger partial charge in [0.1, 0.15) is 0 Å².